The first-order valence-electron chi connectivity index (χ1n) is 6.56. The highest BCUT2D eigenvalue weighted by Gasteiger charge is 2.04. The van der Waals surface area contributed by atoms with Gasteiger partial charge < -0.3 is 5.32 Å². The number of carbonyl (C=O) groups is 1. The number of nitrogens with one attached hydrogen (secondary N) is 1. The van der Waals surface area contributed by atoms with Crippen LogP contribution >= 0.6 is 0 Å². The van der Waals surface area contributed by atoms with Crippen LogP contribution in [0.25, 0.3) is 0 Å². The zero-order chi connectivity index (χ0) is 13.7. The van der Waals surface area contributed by atoms with Crippen LogP contribution in [0.1, 0.15) is 23.1 Å². The van der Waals surface area contributed by atoms with Crippen molar-refractivity contribution < 1.29 is 4.79 Å². The van der Waals surface area contributed by atoms with Gasteiger partial charge in [0.05, 0.1) is 0 Å². The van der Waals surface area contributed by atoms with E-state index >= 15 is 0 Å². The lowest BCUT2D eigenvalue weighted by molar-refractivity contribution is -0.116. The highest BCUT2D eigenvalue weighted by molar-refractivity contribution is 5.91. The molecule has 0 radical (unpaired) electrons. The zero-order valence-electron chi connectivity index (χ0n) is 11.4. The Morgan fingerprint density at radius 1 is 1.05 bits per heavy atom. The lowest BCUT2D eigenvalue weighted by Crippen LogP contribution is -2.13. The average Bonchev–Trinajstić information content (AvgIpc) is 2.39. The van der Waals surface area contributed by atoms with Gasteiger partial charge in [-0.25, -0.2) is 0 Å². The fourth-order valence-corrected chi connectivity index (χ4v) is 2.05. The summed E-state index contributed by atoms with van der Waals surface area (Å²) >= 11 is 0. The lowest BCUT2D eigenvalue weighted by Gasteiger charge is -2.08. The minimum absolute atomic E-state index is 0.0656. The standard InChI is InChI=1S/C17H19NO/c1-13-6-5-8-15(12-13)10-11-17(19)18-16-9-4-3-7-14(16)2/h3-9,12H,10-11H2,1-2H3,(H,18,19). The summed E-state index contributed by atoms with van der Waals surface area (Å²) in [6.07, 6.45) is 1.29. The fourth-order valence-electron chi connectivity index (χ4n) is 2.05. The van der Waals surface area contributed by atoms with Gasteiger partial charge in [-0.05, 0) is 37.5 Å². The van der Waals surface area contributed by atoms with Crippen LogP contribution in [0.15, 0.2) is 48.5 Å². The molecule has 2 aromatic rings. The Labute approximate surface area is 114 Å². The predicted octanol–water partition coefficient (Wildman–Crippen LogP) is 3.87. The molecule has 0 fully saturated rings. The van der Waals surface area contributed by atoms with Crippen molar-refractivity contribution in [3.8, 4) is 0 Å². The van der Waals surface area contributed by atoms with Crippen molar-refractivity contribution >= 4 is 11.6 Å². The highest BCUT2D eigenvalue weighted by Crippen LogP contribution is 2.14. The summed E-state index contributed by atoms with van der Waals surface area (Å²) in [5.74, 6) is 0.0656. The Bertz CT molecular complexity index is 575. The molecule has 0 aliphatic carbocycles. The van der Waals surface area contributed by atoms with E-state index in [1.54, 1.807) is 0 Å². The Morgan fingerprint density at radius 2 is 1.84 bits per heavy atom. The van der Waals surface area contributed by atoms with Gasteiger partial charge in [-0.3, -0.25) is 4.79 Å². The number of carbonyl (C=O) groups excluding carboxylic acids is 1. The number of benzene rings is 2. The number of amides is 1. The third-order valence-electron chi connectivity index (χ3n) is 3.14. The van der Waals surface area contributed by atoms with Gasteiger partial charge in [0.25, 0.3) is 0 Å². The lowest BCUT2D eigenvalue weighted by atomic mass is 10.1. The van der Waals surface area contributed by atoms with Crippen molar-refractivity contribution in [3.05, 3.63) is 65.2 Å². The SMILES string of the molecule is Cc1cccc(CCC(=O)Nc2ccccc2C)c1. The van der Waals surface area contributed by atoms with Crippen molar-refractivity contribution in [3.63, 3.8) is 0 Å². The molecule has 0 bridgehead atoms. The monoisotopic (exact) mass is 253 g/mol. The van der Waals surface area contributed by atoms with Gasteiger partial charge in [0, 0.05) is 12.1 Å². The third kappa shape index (κ3) is 3.95. The Morgan fingerprint density at radius 3 is 2.58 bits per heavy atom. The van der Waals surface area contributed by atoms with E-state index in [4.69, 9.17) is 0 Å². The van der Waals surface area contributed by atoms with E-state index in [1.165, 1.54) is 11.1 Å². The Hall–Kier alpha value is -2.09. The first-order valence-corrected chi connectivity index (χ1v) is 6.56. The van der Waals surface area contributed by atoms with Crippen molar-refractivity contribution in [2.45, 2.75) is 26.7 Å². The molecule has 0 aromatic heterocycles. The molecule has 19 heavy (non-hydrogen) atoms. The first-order chi connectivity index (χ1) is 9.15. The van der Waals surface area contributed by atoms with Crippen LogP contribution in [-0.2, 0) is 11.2 Å². The van der Waals surface area contributed by atoms with E-state index in [1.807, 2.05) is 37.3 Å². The number of aryl methyl sites for hydroxylation is 3. The molecule has 98 valence electrons. The number of hydrogen-bond donors (Lipinski definition) is 1. The van der Waals surface area contributed by atoms with Gasteiger partial charge in [-0.15, -0.1) is 0 Å². The summed E-state index contributed by atoms with van der Waals surface area (Å²) in [5, 5.41) is 2.96. The van der Waals surface area contributed by atoms with Crippen LogP contribution in [0.3, 0.4) is 0 Å². The average molecular weight is 253 g/mol. The molecule has 0 unspecified atom stereocenters. The summed E-state index contributed by atoms with van der Waals surface area (Å²) in [4.78, 5) is 11.9. The minimum atomic E-state index is 0.0656. The number of anilines is 1. The number of rotatable bonds is 4. The van der Waals surface area contributed by atoms with Gasteiger partial charge in [-0.2, -0.15) is 0 Å². The summed E-state index contributed by atoms with van der Waals surface area (Å²) in [7, 11) is 0. The van der Waals surface area contributed by atoms with Crippen LogP contribution in [0.2, 0.25) is 0 Å². The molecule has 0 saturated carbocycles. The second-order valence-electron chi connectivity index (χ2n) is 4.85. The minimum Gasteiger partial charge on any atom is -0.326 e. The first kappa shape index (κ1) is 13.3. The van der Waals surface area contributed by atoms with Crippen molar-refractivity contribution in [1.29, 1.82) is 0 Å². The van der Waals surface area contributed by atoms with E-state index in [2.05, 4.69) is 30.4 Å². The van der Waals surface area contributed by atoms with Crippen LogP contribution in [-0.4, -0.2) is 5.91 Å². The molecule has 0 aliphatic rings. The molecule has 0 spiro atoms. The van der Waals surface area contributed by atoms with Gasteiger partial charge >= 0.3 is 0 Å². The molecule has 1 N–H and O–H groups in total. The molecule has 0 saturated heterocycles. The predicted molar refractivity (Wildman–Crippen MR) is 79.3 cm³/mol. The largest absolute Gasteiger partial charge is 0.326 e. The van der Waals surface area contributed by atoms with E-state index in [0.717, 1.165) is 17.7 Å². The fraction of sp³-hybridized carbons (Fsp3) is 0.235. The second kappa shape index (κ2) is 6.19. The molecule has 2 heteroatoms. The molecular weight excluding hydrogens is 234 g/mol. The smallest absolute Gasteiger partial charge is 0.224 e. The maximum absolute atomic E-state index is 11.9. The molecule has 2 aromatic carbocycles. The van der Waals surface area contributed by atoms with Crippen LogP contribution in [0.5, 0.6) is 0 Å². The second-order valence-corrected chi connectivity index (χ2v) is 4.85. The van der Waals surface area contributed by atoms with Gasteiger partial charge in [0.2, 0.25) is 5.91 Å². The van der Waals surface area contributed by atoms with Gasteiger partial charge in [0.15, 0.2) is 0 Å². The zero-order valence-corrected chi connectivity index (χ0v) is 11.4. The van der Waals surface area contributed by atoms with E-state index < -0.39 is 0 Å². The molecular formula is C17H19NO. The van der Waals surface area contributed by atoms with Crippen molar-refractivity contribution in [2.75, 3.05) is 5.32 Å². The van der Waals surface area contributed by atoms with Crippen LogP contribution < -0.4 is 5.32 Å². The normalized spacial score (nSPS) is 10.2. The maximum Gasteiger partial charge on any atom is 0.224 e. The summed E-state index contributed by atoms with van der Waals surface area (Å²) in [6, 6.07) is 16.1. The molecule has 0 aliphatic heterocycles. The Balaban J connectivity index is 1.90. The summed E-state index contributed by atoms with van der Waals surface area (Å²) in [6.45, 7) is 4.06. The molecule has 0 atom stereocenters. The molecule has 1 amide bonds. The highest BCUT2D eigenvalue weighted by atomic mass is 16.1. The summed E-state index contributed by atoms with van der Waals surface area (Å²) in [5.41, 5.74) is 4.43. The maximum atomic E-state index is 11.9. The van der Waals surface area contributed by atoms with Crippen LogP contribution in [0.4, 0.5) is 5.69 Å². The van der Waals surface area contributed by atoms with Crippen LogP contribution in [0, 0.1) is 13.8 Å². The molecule has 2 nitrogen and oxygen atoms in total. The third-order valence-corrected chi connectivity index (χ3v) is 3.14. The van der Waals surface area contributed by atoms with Crippen molar-refractivity contribution in [1.82, 2.24) is 0 Å². The summed E-state index contributed by atoms with van der Waals surface area (Å²) < 4.78 is 0. The topological polar surface area (TPSA) is 29.1 Å². The van der Waals surface area contributed by atoms with Gasteiger partial charge in [0.1, 0.15) is 0 Å². The Kier molecular flexibility index (Phi) is 4.35. The van der Waals surface area contributed by atoms with E-state index in [-0.39, 0.29) is 5.91 Å². The number of hydrogen-bond acceptors (Lipinski definition) is 1. The quantitative estimate of drug-likeness (QED) is 0.880. The van der Waals surface area contributed by atoms with Gasteiger partial charge in [-0.1, -0.05) is 48.0 Å². The molecule has 2 rings (SSSR count). The molecule has 0 heterocycles. The van der Waals surface area contributed by atoms with E-state index in [9.17, 15) is 4.79 Å². The van der Waals surface area contributed by atoms with E-state index in [0.29, 0.717) is 6.42 Å². The van der Waals surface area contributed by atoms with Crippen molar-refractivity contribution in [2.24, 2.45) is 0 Å². The number of para-hydroxylation sites is 1.